The molecule has 0 radical (unpaired) electrons. The molecule has 0 aliphatic heterocycles. The number of aromatic nitrogens is 2. The van der Waals surface area contributed by atoms with Crippen LogP contribution in [-0.2, 0) is 0 Å². The number of nitrogens with zero attached hydrogens (tertiary/aromatic N) is 1. The topological polar surface area (TPSA) is 28.7 Å². The zero-order valence-electron chi connectivity index (χ0n) is 7.70. The highest BCUT2D eigenvalue weighted by Gasteiger charge is 2.10. The van der Waals surface area contributed by atoms with E-state index < -0.39 is 0 Å². The van der Waals surface area contributed by atoms with Gasteiger partial charge in [-0.05, 0) is 18.1 Å². The smallest absolute Gasteiger partial charge is 0.0962 e. The third-order valence-corrected chi connectivity index (χ3v) is 2.55. The van der Waals surface area contributed by atoms with Crippen LogP contribution in [0.3, 0.4) is 0 Å². The van der Waals surface area contributed by atoms with Gasteiger partial charge in [0.05, 0.1) is 11.2 Å². The summed E-state index contributed by atoms with van der Waals surface area (Å²) in [6, 6.07) is 8.22. The summed E-state index contributed by atoms with van der Waals surface area (Å²) in [7, 11) is 0. The van der Waals surface area contributed by atoms with Crippen LogP contribution in [0.5, 0.6) is 0 Å². The van der Waals surface area contributed by atoms with Crippen LogP contribution in [0.25, 0.3) is 16.5 Å². The van der Waals surface area contributed by atoms with Crippen LogP contribution in [0.2, 0.25) is 0 Å². The van der Waals surface area contributed by atoms with Gasteiger partial charge in [0.15, 0.2) is 0 Å². The number of aromatic amines is 1. The van der Waals surface area contributed by atoms with Crippen molar-refractivity contribution in [2.45, 2.75) is 6.42 Å². The number of para-hydroxylation sites is 1. The van der Waals surface area contributed by atoms with Gasteiger partial charge in [-0.15, -0.1) is 0 Å². The highest BCUT2D eigenvalue weighted by molar-refractivity contribution is 5.91. The molecule has 1 N–H and O–H groups in total. The normalized spacial score (nSPS) is 15.0. The minimum Gasteiger partial charge on any atom is -0.277 e. The lowest BCUT2D eigenvalue weighted by Gasteiger charge is -1.96. The second kappa shape index (κ2) is 2.84. The van der Waals surface area contributed by atoms with E-state index in [9.17, 15) is 0 Å². The second-order valence-corrected chi connectivity index (χ2v) is 3.44. The number of benzene rings is 1. The van der Waals surface area contributed by atoms with Crippen molar-refractivity contribution in [2.75, 3.05) is 0 Å². The van der Waals surface area contributed by atoms with Crippen LogP contribution >= 0.6 is 0 Å². The molecule has 1 aliphatic rings. The maximum atomic E-state index is 4.34. The van der Waals surface area contributed by atoms with Crippen molar-refractivity contribution in [1.29, 1.82) is 0 Å². The fraction of sp³-hybridized carbons (Fsp3) is 0.0833. The Bertz CT molecular complexity index is 532. The number of hydrogen-bond donors (Lipinski definition) is 1. The van der Waals surface area contributed by atoms with E-state index in [0.717, 1.165) is 17.6 Å². The van der Waals surface area contributed by atoms with Crippen molar-refractivity contribution >= 4 is 16.5 Å². The molecule has 0 saturated carbocycles. The number of H-pyrrole nitrogens is 1. The largest absolute Gasteiger partial charge is 0.277 e. The van der Waals surface area contributed by atoms with Crippen LogP contribution in [0, 0.1) is 0 Å². The lowest BCUT2D eigenvalue weighted by molar-refractivity contribution is 1.09. The summed E-state index contributed by atoms with van der Waals surface area (Å²) >= 11 is 0. The molecule has 14 heavy (non-hydrogen) atoms. The third kappa shape index (κ3) is 1.01. The van der Waals surface area contributed by atoms with Crippen LogP contribution in [0.15, 0.2) is 42.5 Å². The van der Waals surface area contributed by atoms with Gasteiger partial charge in [0.2, 0.25) is 0 Å². The van der Waals surface area contributed by atoms with Gasteiger partial charge in [-0.2, -0.15) is 5.10 Å². The quantitative estimate of drug-likeness (QED) is 0.721. The number of hydrogen-bond acceptors (Lipinski definition) is 1. The van der Waals surface area contributed by atoms with Gasteiger partial charge in [-0.25, -0.2) is 0 Å². The summed E-state index contributed by atoms with van der Waals surface area (Å²) in [5.41, 5.74) is 3.49. The first-order valence-corrected chi connectivity index (χ1v) is 4.74. The fourth-order valence-electron chi connectivity index (χ4n) is 1.83. The van der Waals surface area contributed by atoms with Crippen molar-refractivity contribution in [3.63, 3.8) is 0 Å². The highest BCUT2D eigenvalue weighted by atomic mass is 15.1. The van der Waals surface area contributed by atoms with E-state index >= 15 is 0 Å². The molecule has 2 nitrogen and oxygen atoms in total. The number of fused-ring (bicyclic) bond motifs is 1. The summed E-state index contributed by atoms with van der Waals surface area (Å²) in [4.78, 5) is 0. The summed E-state index contributed by atoms with van der Waals surface area (Å²) < 4.78 is 0. The van der Waals surface area contributed by atoms with Gasteiger partial charge in [0, 0.05) is 5.39 Å². The Morgan fingerprint density at radius 2 is 2.14 bits per heavy atom. The average Bonchev–Trinajstić information content (AvgIpc) is 2.85. The van der Waals surface area contributed by atoms with Crippen molar-refractivity contribution in [3.8, 4) is 0 Å². The SMILES string of the molecule is C1=CCC(c2n[nH]c3ccccc23)=C1. The van der Waals surface area contributed by atoms with Crippen LogP contribution in [0.1, 0.15) is 12.1 Å². The molecule has 2 aromatic rings. The van der Waals surface area contributed by atoms with E-state index in [1.807, 2.05) is 12.1 Å². The Balaban J connectivity index is 2.22. The molecule has 2 heteroatoms. The van der Waals surface area contributed by atoms with Crippen LogP contribution in [-0.4, -0.2) is 10.2 Å². The van der Waals surface area contributed by atoms with E-state index in [2.05, 4.69) is 40.6 Å². The fourth-order valence-corrected chi connectivity index (χ4v) is 1.83. The molecule has 1 aromatic heterocycles. The predicted octanol–water partition coefficient (Wildman–Crippen LogP) is 2.91. The minimum atomic E-state index is 0.995. The maximum Gasteiger partial charge on any atom is 0.0962 e. The average molecular weight is 182 g/mol. The van der Waals surface area contributed by atoms with Gasteiger partial charge < -0.3 is 0 Å². The number of rotatable bonds is 1. The van der Waals surface area contributed by atoms with E-state index in [0.29, 0.717) is 0 Å². The van der Waals surface area contributed by atoms with E-state index in [1.165, 1.54) is 11.0 Å². The third-order valence-electron chi connectivity index (χ3n) is 2.55. The molecule has 0 spiro atoms. The molecule has 0 bridgehead atoms. The summed E-state index contributed by atoms with van der Waals surface area (Å²) in [6.45, 7) is 0. The van der Waals surface area contributed by atoms with Crippen molar-refractivity contribution < 1.29 is 0 Å². The second-order valence-electron chi connectivity index (χ2n) is 3.44. The van der Waals surface area contributed by atoms with Crippen molar-refractivity contribution in [2.24, 2.45) is 0 Å². The standard InChI is InChI=1S/C12H10N2/c1-2-6-9(5-1)12-10-7-3-4-8-11(10)13-14-12/h1-5,7-8H,6H2,(H,13,14). The zero-order valence-corrected chi connectivity index (χ0v) is 7.70. The Morgan fingerprint density at radius 3 is 3.00 bits per heavy atom. The molecular formula is C12H10N2. The monoisotopic (exact) mass is 182 g/mol. The first-order valence-electron chi connectivity index (χ1n) is 4.74. The van der Waals surface area contributed by atoms with E-state index in [-0.39, 0.29) is 0 Å². The predicted molar refractivity (Wildman–Crippen MR) is 57.8 cm³/mol. The van der Waals surface area contributed by atoms with Crippen LogP contribution in [0.4, 0.5) is 0 Å². The van der Waals surface area contributed by atoms with Gasteiger partial charge in [0.25, 0.3) is 0 Å². The molecule has 68 valence electrons. The van der Waals surface area contributed by atoms with Crippen molar-refractivity contribution in [1.82, 2.24) is 10.2 Å². The molecule has 1 aromatic carbocycles. The molecule has 1 heterocycles. The molecule has 3 rings (SSSR count). The van der Waals surface area contributed by atoms with Crippen molar-refractivity contribution in [3.05, 3.63) is 48.2 Å². The maximum absolute atomic E-state index is 4.34. The molecule has 0 amide bonds. The van der Waals surface area contributed by atoms with Gasteiger partial charge in [-0.3, -0.25) is 5.10 Å². The molecule has 0 fully saturated rings. The molecular weight excluding hydrogens is 172 g/mol. The lowest BCUT2D eigenvalue weighted by atomic mass is 10.1. The van der Waals surface area contributed by atoms with Gasteiger partial charge >= 0.3 is 0 Å². The van der Waals surface area contributed by atoms with Crippen LogP contribution < -0.4 is 0 Å². The summed E-state index contributed by atoms with van der Waals surface area (Å²) in [5, 5.41) is 8.60. The van der Waals surface area contributed by atoms with Gasteiger partial charge in [0.1, 0.15) is 0 Å². The molecule has 0 atom stereocenters. The Morgan fingerprint density at radius 1 is 1.21 bits per heavy atom. The summed E-state index contributed by atoms with van der Waals surface area (Å²) in [5.74, 6) is 0. The highest BCUT2D eigenvalue weighted by Crippen LogP contribution is 2.27. The minimum absolute atomic E-state index is 0.995. The van der Waals surface area contributed by atoms with Gasteiger partial charge in [-0.1, -0.05) is 36.4 Å². The number of nitrogens with one attached hydrogen (secondary N) is 1. The molecule has 0 unspecified atom stereocenters. The zero-order chi connectivity index (χ0) is 9.38. The lowest BCUT2D eigenvalue weighted by Crippen LogP contribution is -1.81. The first kappa shape index (κ1) is 7.56. The Kier molecular flexibility index (Phi) is 1.53. The Hall–Kier alpha value is -1.83. The van der Waals surface area contributed by atoms with E-state index in [4.69, 9.17) is 0 Å². The van der Waals surface area contributed by atoms with E-state index in [1.54, 1.807) is 0 Å². The summed E-state index contributed by atoms with van der Waals surface area (Å²) in [6.07, 6.45) is 7.36. The first-order chi connectivity index (χ1) is 6.95. The molecule has 1 aliphatic carbocycles. The number of allylic oxidation sites excluding steroid dienone is 4. The Labute approximate surface area is 82.0 Å². The molecule has 0 saturated heterocycles.